The molecule has 2 heterocycles. The fourth-order valence-corrected chi connectivity index (χ4v) is 3.27. The lowest BCUT2D eigenvalue weighted by Crippen LogP contribution is -2.16. The molecule has 3 rings (SSSR count). The molecule has 28 heavy (non-hydrogen) atoms. The van der Waals surface area contributed by atoms with Crippen molar-refractivity contribution in [3.05, 3.63) is 51.5 Å². The number of aromatic amines is 1. The maximum atomic E-state index is 5.80. The molecule has 1 aromatic carbocycles. The Bertz CT molecular complexity index is 974. The molecule has 7 nitrogen and oxygen atoms in total. The third-order valence-corrected chi connectivity index (χ3v) is 4.92. The number of rotatable bonds is 9. The van der Waals surface area contributed by atoms with Gasteiger partial charge in [0, 0.05) is 22.4 Å². The Balaban J connectivity index is 1.84. The van der Waals surface area contributed by atoms with Crippen LogP contribution in [0, 0.1) is 4.77 Å². The third kappa shape index (κ3) is 4.71. The molecule has 0 saturated carbocycles. The molecule has 2 N–H and O–H groups in total. The summed E-state index contributed by atoms with van der Waals surface area (Å²) in [5, 5.41) is 7.14. The van der Waals surface area contributed by atoms with Crippen molar-refractivity contribution in [2.75, 3.05) is 18.6 Å². The molecule has 0 amide bonds. The molecule has 0 fully saturated rings. The second-order valence-corrected chi connectivity index (χ2v) is 7.17. The first-order valence-corrected chi connectivity index (χ1v) is 10.2. The van der Waals surface area contributed by atoms with Gasteiger partial charge in [0.15, 0.2) is 17.3 Å². The van der Waals surface area contributed by atoms with E-state index in [1.807, 2.05) is 31.2 Å². The maximum Gasteiger partial charge on any atom is 0.214 e. The van der Waals surface area contributed by atoms with Crippen LogP contribution in [0.4, 0.5) is 0 Å². The Labute approximate surface area is 177 Å². The van der Waals surface area contributed by atoms with Crippen LogP contribution in [0.1, 0.15) is 25.8 Å². The van der Waals surface area contributed by atoms with E-state index in [-0.39, 0.29) is 0 Å². The summed E-state index contributed by atoms with van der Waals surface area (Å²) in [6.07, 6.45) is 4.37. The van der Waals surface area contributed by atoms with Crippen LogP contribution >= 0.6 is 28.1 Å². The van der Waals surface area contributed by atoms with Crippen molar-refractivity contribution < 1.29 is 9.47 Å². The van der Waals surface area contributed by atoms with Gasteiger partial charge in [-0.2, -0.15) is 5.10 Å². The van der Waals surface area contributed by atoms with Crippen LogP contribution in [0.15, 0.2) is 41.1 Å². The zero-order valence-corrected chi connectivity index (χ0v) is 18.1. The fourth-order valence-electron chi connectivity index (χ4n) is 2.61. The highest BCUT2D eigenvalue weighted by atomic mass is 79.9. The first-order chi connectivity index (χ1) is 13.6. The number of nitrogens with one attached hydrogen (secondary N) is 2. The van der Waals surface area contributed by atoms with E-state index in [0.717, 1.165) is 33.5 Å². The van der Waals surface area contributed by atoms with Gasteiger partial charge in [-0.05, 0) is 55.4 Å². The third-order valence-electron chi connectivity index (χ3n) is 3.91. The summed E-state index contributed by atoms with van der Waals surface area (Å²) in [4.78, 5) is 4.04. The summed E-state index contributed by atoms with van der Waals surface area (Å²) in [5.74, 6) is 2.15. The molecule has 9 heteroatoms. The molecular formula is C19H22BrN5O2S. The molecule has 2 aromatic heterocycles. The minimum Gasteiger partial charge on any atom is -0.490 e. The summed E-state index contributed by atoms with van der Waals surface area (Å²) in [7, 11) is 0. The Hall–Kier alpha value is -2.39. The molecule has 0 atom stereocenters. The molecule has 0 spiro atoms. The minimum atomic E-state index is 0.482. The van der Waals surface area contributed by atoms with Gasteiger partial charge in [0.05, 0.1) is 19.8 Å². The standard InChI is InChI=1S/C19H22BrN5O2S/c1-3-9-27-17-11-15(20)14(10-16(17)26-4-2)12-22-25-18(23-24-19(25)28)13-5-7-21-8-6-13/h5-8,10-11,22H,3-4,9,12H2,1-2H3,(H,24,28). The van der Waals surface area contributed by atoms with Crippen molar-refractivity contribution >= 4 is 28.1 Å². The second-order valence-electron chi connectivity index (χ2n) is 5.93. The molecule has 0 bridgehead atoms. The monoisotopic (exact) mass is 463 g/mol. The van der Waals surface area contributed by atoms with Crippen molar-refractivity contribution in [2.24, 2.45) is 0 Å². The van der Waals surface area contributed by atoms with E-state index < -0.39 is 0 Å². The highest BCUT2D eigenvalue weighted by Gasteiger charge is 2.13. The van der Waals surface area contributed by atoms with E-state index in [2.05, 4.69) is 43.5 Å². The smallest absolute Gasteiger partial charge is 0.214 e. The number of hydrogen-bond acceptors (Lipinski definition) is 6. The SMILES string of the molecule is CCCOc1cc(Br)c(CNn2c(-c3ccncc3)n[nH]c2=S)cc1OCC. The summed E-state index contributed by atoms with van der Waals surface area (Å²) in [6, 6.07) is 7.68. The quantitative estimate of drug-likeness (QED) is 0.448. The van der Waals surface area contributed by atoms with Gasteiger partial charge in [-0.15, -0.1) is 0 Å². The Kier molecular flexibility index (Phi) is 7.05. The predicted molar refractivity (Wildman–Crippen MR) is 115 cm³/mol. The Morgan fingerprint density at radius 2 is 1.93 bits per heavy atom. The number of pyridine rings is 1. The summed E-state index contributed by atoms with van der Waals surface area (Å²) in [6.45, 7) is 5.75. The van der Waals surface area contributed by atoms with Crippen LogP contribution in [0.5, 0.6) is 11.5 Å². The van der Waals surface area contributed by atoms with Crippen LogP contribution in [0.25, 0.3) is 11.4 Å². The molecule has 0 aliphatic rings. The molecule has 0 aliphatic carbocycles. The predicted octanol–water partition coefficient (Wildman–Crippen LogP) is 4.70. The molecule has 0 unspecified atom stereocenters. The van der Waals surface area contributed by atoms with Gasteiger partial charge < -0.3 is 14.9 Å². The van der Waals surface area contributed by atoms with Crippen molar-refractivity contribution in [1.29, 1.82) is 0 Å². The van der Waals surface area contributed by atoms with Gasteiger partial charge in [0.1, 0.15) is 0 Å². The van der Waals surface area contributed by atoms with Gasteiger partial charge in [0.2, 0.25) is 4.77 Å². The number of benzene rings is 1. The number of ether oxygens (including phenoxy) is 2. The van der Waals surface area contributed by atoms with Crippen LogP contribution in [0.3, 0.4) is 0 Å². The van der Waals surface area contributed by atoms with Gasteiger partial charge >= 0.3 is 0 Å². The summed E-state index contributed by atoms with van der Waals surface area (Å²) in [5.41, 5.74) is 5.24. The molecule has 0 aliphatic heterocycles. The largest absolute Gasteiger partial charge is 0.490 e. The normalized spacial score (nSPS) is 10.7. The number of aromatic nitrogens is 4. The molecule has 148 valence electrons. The average molecular weight is 464 g/mol. The second kappa shape index (κ2) is 9.70. The lowest BCUT2D eigenvalue weighted by atomic mass is 10.2. The highest BCUT2D eigenvalue weighted by molar-refractivity contribution is 9.10. The van der Waals surface area contributed by atoms with E-state index in [9.17, 15) is 0 Å². The lowest BCUT2D eigenvalue weighted by Gasteiger charge is -2.16. The van der Waals surface area contributed by atoms with Crippen LogP contribution in [-0.4, -0.2) is 33.1 Å². The van der Waals surface area contributed by atoms with Crippen LogP contribution < -0.4 is 14.9 Å². The van der Waals surface area contributed by atoms with Gasteiger partial charge in [-0.25, -0.2) is 9.77 Å². The van der Waals surface area contributed by atoms with Gasteiger partial charge in [-0.3, -0.25) is 4.98 Å². The highest BCUT2D eigenvalue weighted by Crippen LogP contribution is 2.34. The van der Waals surface area contributed by atoms with E-state index in [0.29, 0.717) is 30.4 Å². The van der Waals surface area contributed by atoms with Crippen LogP contribution in [0.2, 0.25) is 0 Å². The molecular weight excluding hydrogens is 442 g/mol. The number of H-pyrrole nitrogens is 1. The minimum absolute atomic E-state index is 0.482. The van der Waals surface area contributed by atoms with Gasteiger partial charge in [-0.1, -0.05) is 22.9 Å². The fraction of sp³-hybridized carbons (Fsp3) is 0.316. The van der Waals surface area contributed by atoms with E-state index in [1.54, 1.807) is 17.1 Å². The number of nitrogens with zero attached hydrogens (tertiary/aromatic N) is 3. The summed E-state index contributed by atoms with van der Waals surface area (Å²) >= 11 is 9.00. The molecule has 3 aromatic rings. The van der Waals surface area contributed by atoms with Crippen molar-refractivity contribution in [1.82, 2.24) is 19.9 Å². The summed E-state index contributed by atoms with van der Waals surface area (Å²) < 4.78 is 14.7. The maximum absolute atomic E-state index is 5.80. The van der Waals surface area contributed by atoms with Crippen LogP contribution in [-0.2, 0) is 6.54 Å². The van der Waals surface area contributed by atoms with E-state index in [1.165, 1.54) is 0 Å². The molecule has 0 radical (unpaired) electrons. The first-order valence-electron chi connectivity index (χ1n) is 9.03. The van der Waals surface area contributed by atoms with Crippen molar-refractivity contribution in [3.63, 3.8) is 0 Å². The van der Waals surface area contributed by atoms with Crippen molar-refractivity contribution in [3.8, 4) is 22.9 Å². The molecule has 0 saturated heterocycles. The first kappa shape index (κ1) is 20.3. The number of hydrogen-bond donors (Lipinski definition) is 2. The number of halogens is 1. The topological polar surface area (TPSA) is 77.0 Å². The Morgan fingerprint density at radius 1 is 1.18 bits per heavy atom. The van der Waals surface area contributed by atoms with E-state index >= 15 is 0 Å². The lowest BCUT2D eigenvalue weighted by molar-refractivity contribution is 0.276. The van der Waals surface area contributed by atoms with Crippen molar-refractivity contribution in [2.45, 2.75) is 26.8 Å². The Morgan fingerprint density at radius 3 is 2.64 bits per heavy atom. The van der Waals surface area contributed by atoms with Gasteiger partial charge in [0.25, 0.3) is 0 Å². The van der Waals surface area contributed by atoms with E-state index in [4.69, 9.17) is 21.7 Å². The zero-order chi connectivity index (χ0) is 19.9. The zero-order valence-electron chi connectivity index (χ0n) is 15.7. The average Bonchev–Trinajstić information content (AvgIpc) is 3.08.